The van der Waals surface area contributed by atoms with Crippen molar-refractivity contribution in [3.05, 3.63) is 33.6 Å². The first-order valence-electron chi connectivity index (χ1n) is 10.2. The molecule has 0 aliphatic heterocycles. The van der Waals surface area contributed by atoms with Gasteiger partial charge in [0, 0.05) is 24.7 Å². The van der Waals surface area contributed by atoms with Gasteiger partial charge in [-0.05, 0) is 44.4 Å². The van der Waals surface area contributed by atoms with Crippen LogP contribution in [0.3, 0.4) is 0 Å². The highest BCUT2D eigenvalue weighted by Gasteiger charge is 2.15. The van der Waals surface area contributed by atoms with Gasteiger partial charge in [0.25, 0.3) is 5.56 Å². The molecular weight excluding hydrogens is 440 g/mol. The highest BCUT2D eigenvalue weighted by Crippen LogP contribution is 2.20. The number of carbonyl (C=O) groups is 2. The van der Waals surface area contributed by atoms with Crippen molar-refractivity contribution < 1.29 is 14.3 Å². The molecule has 0 saturated carbocycles. The zero-order valence-corrected chi connectivity index (χ0v) is 19.8. The van der Waals surface area contributed by atoms with Gasteiger partial charge in [-0.15, -0.1) is 0 Å². The molecule has 1 aromatic heterocycles. The molecule has 0 radical (unpaired) electrons. The normalized spacial score (nSPS) is 11.3. The Labute approximate surface area is 191 Å². The van der Waals surface area contributed by atoms with E-state index in [0.29, 0.717) is 47.2 Å². The zero-order valence-electron chi connectivity index (χ0n) is 18.2. The Kier molecular flexibility index (Phi) is 9.80. The fourth-order valence-electron chi connectivity index (χ4n) is 2.66. The fraction of sp³-hybridized carbons (Fsp3) is 0.524. The van der Waals surface area contributed by atoms with Crippen molar-refractivity contribution in [2.75, 3.05) is 18.9 Å². The number of ether oxygens (including phenoxy) is 1. The van der Waals surface area contributed by atoms with Crippen molar-refractivity contribution in [3.8, 4) is 0 Å². The van der Waals surface area contributed by atoms with Crippen molar-refractivity contribution in [2.24, 2.45) is 5.92 Å². The number of imide groups is 1. The number of carbonyl (C=O) groups excluding carboxylic acids is 2. The maximum Gasteiger partial charge on any atom is 0.321 e. The van der Waals surface area contributed by atoms with Gasteiger partial charge in [-0.25, -0.2) is 9.78 Å². The van der Waals surface area contributed by atoms with E-state index in [0.717, 1.165) is 11.8 Å². The Morgan fingerprint density at radius 1 is 1.26 bits per heavy atom. The van der Waals surface area contributed by atoms with Crippen LogP contribution in [0, 0.1) is 5.92 Å². The van der Waals surface area contributed by atoms with Crippen LogP contribution in [0.4, 0.5) is 4.79 Å². The van der Waals surface area contributed by atoms with Crippen molar-refractivity contribution in [3.63, 3.8) is 0 Å². The number of amides is 3. The molecule has 0 aliphatic carbocycles. The van der Waals surface area contributed by atoms with Crippen LogP contribution >= 0.6 is 23.4 Å². The zero-order chi connectivity index (χ0) is 23.0. The highest BCUT2D eigenvalue weighted by molar-refractivity contribution is 7.99. The molecular formula is C21H29ClN4O4S. The maximum absolute atomic E-state index is 13.0. The summed E-state index contributed by atoms with van der Waals surface area (Å²) in [5.41, 5.74) is 0.258. The number of thioether (sulfide) groups is 1. The third-order valence-electron chi connectivity index (χ3n) is 4.12. The third-order valence-corrected chi connectivity index (χ3v) is 5.33. The Morgan fingerprint density at radius 2 is 2.00 bits per heavy atom. The lowest BCUT2D eigenvalue weighted by Crippen LogP contribution is -2.41. The number of hydrogen-bond acceptors (Lipinski definition) is 6. The van der Waals surface area contributed by atoms with E-state index in [4.69, 9.17) is 16.3 Å². The van der Waals surface area contributed by atoms with E-state index >= 15 is 0 Å². The molecule has 170 valence electrons. The van der Waals surface area contributed by atoms with Crippen LogP contribution < -0.4 is 16.2 Å². The van der Waals surface area contributed by atoms with Gasteiger partial charge in [-0.2, -0.15) is 0 Å². The summed E-state index contributed by atoms with van der Waals surface area (Å²) < 4.78 is 7.10. The van der Waals surface area contributed by atoms with E-state index in [1.54, 1.807) is 18.2 Å². The van der Waals surface area contributed by atoms with Crippen LogP contribution in [0.5, 0.6) is 0 Å². The van der Waals surface area contributed by atoms with Crippen LogP contribution in [0.15, 0.2) is 28.2 Å². The monoisotopic (exact) mass is 468 g/mol. The van der Waals surface area contributed by atoms with E-state index in [1.165, 1.54) is 4.57 Å². The molecule has 0 spiro atoms. The first-order valence-corrected chi connectivity index (χ1v) is 11.6. The molecule has 0 atom stereocenters. The van der Waals surface area contributed by atoms with Crippen molar-refractivity contribution in [1.82, 2.24) is 20.2 Å². The van der Waals surface area contributed by atoms with Gasteiger partial charge in [0.15, 0.2) is 5.16 Å². The molecule has 0 bridgehead atoms. The summed E-state index contributed by atoms with van der Waals surface area (Å²) >= 11 is 7.15. The van der Waals surface area contributed by atoms with Crippen LogP contribution in [-0.2, 0) is 16.1 Å². The number of nitrogens with one attached hydrogen (secondary N) is 2. The average Bonchev–Trinajstić information content (AvgIpc) is 2.69. The summed E-state index contributed by atoms with van der Waals surface area (Å²) in [6.45, 7) is 9.19. The molecule has 10 heteroatoms. The second-order valence-corrected chi connectivity index (χ2v) is 9.11. The van der Waals surface area contributed by atoms with Crippen LogP contribution in [0.1, 0.15) is 34.1 Å². The first-order chi connectivity index (χ1) is 14.7. The van der Waals surface area contributed by atoms with Crippen molar-refractivity contribution >= 4 is 46.2 Å². The molecule has 2 rings (SSSR count). The summed E-state index contributed by atoms with van der Waals surface area (Å²) in [5, 5.41) is 6.23. The van der Waals surface area contributed by atoms with Gasteiger partial charge in [0.05, 0.1) is 22.8 Å². The summed E-state index contributed by atoms with van der Waals surface area (Å²) in [7, 11) is 0. The predicted molar refractivity (Wildman–Crippen MR) is 124 cm³/mol. The van der Waals surface area contributed by atoms with E-state index in [9.17, 15) is 14.4 Å². The summed E-state index contributed by atoms with van der Waals surface area (Å²) in [6.07, 6.45) is 0.726. The molecule has 0 fully saturated rings. The van der Waals surface area contributed by atoms with E-state index in [-0.39, 0.29) is 23.3 Å². The number of hydrogen-bond donors (Lipinski definition) is 2. The van der Waals surface area contributed by atoms with Crippen LogP contribution in [0.2, 0.25) is 5.02 Å². The molecule has 3 amide bonds. The average molecular weight is 469 g/mol. The third kappa shape index (κ3) is 8.16. The smallest absolute Gasteiger partial charge is 0.321 e. The second kappa shape index (κ2) is 12.1. The maximum atomic E-state index is 13.0. The minimum atomic E-state index is -0.541. The molecule has 1 aromatic carbocycles. The largest absolute Gasteiger partial charge is 0.379 e. The lowest BCUT2D eigenvalue weighted by atomic mass is 10.2. The Hall–Kier alpha value is -2.10. The van der Waals surface area contributed by atoms with Crippen LogP contribution in [0.25, 0.3) is 10.9 Å². The van der Waals surface area contributed by atoms with E-state index in [1.807, 2.05) is 27.7 Å². The summed E-state index contributed by atoms with van der Waals surface area (Å²) in [6, 6.07) is 4.37. The molecule has 31 heavy (non-hydrogen) atoms. The highest BCUT2D eigenvalue weighted by atomic mass is 35.5. The molecule has 2 aromatic rings. The number of benzene rings is 1. The number of nitrogens with zero attached hydrogens (tertiary/aromatic N) is 2. The molecule has 0 aliphatic rings. The number of aromatic nitrogens is 2. The van der Waals surface area contributed by atoms with Gasteiger partial charge >= 0.3 is 6.03 Å². The Bertz CT molecular complexity index is 978. The topological polar surface area (TPSA) is 102 Å². The first kappa shape index (κ1) is 25.2. The lowest BCUT2D eigenvalue weighted by molar-refractivity contribution is -0.117. The van der Waals surface area contributed by atoms with Crippen molar-refractivity contribution in [1.29, 1.82) is 0 Å². The number of urea groups is 1. The molecule has 2 N–H and O–H groups in total. The van der Waals surface area contributed by atoms with Gasteiger partial charge in [-0.3, -0.25) is 19.5 Å². The minimum absolute atomic E-state index is 0.0594. The number of rotatable bonds is 10. The van der Waals surface area contributed by atoms with E-state index in [2.05, 4.69) is 15.6 Å². The summed E-state index contributed by atoms with van der Waals surface area (Å²) in [4.78, 5) is 41.5. The van der Waals surface area contributed by atoms with Crippen LogP contribution in [-0.4, -0.2) is 46.5 Å². The van der Waals surface area contributed by atoms with Gasteiger partial charge < -0.3 is 10.1 Å². The number of fused-ring (bicyclic) bond motifs is 1. The van der Waals surface area contributed by atoms with E-state index < -0.39 is 11.9 Å². The second-order valence-electron chi connectivity index (χ2n) is 7.73. The SMILES string of the molecule is CC(C)CNC(=O)NC(=O)CSc1nc2cc(Cl)ccc2c(=O)n1CCCOC(C)C. The van der Waals surface area contributed by atoms with Gasteiger partial charge in [-0.1, -0.05) is 37.2 Å². The molecule has 0 unspecified atom stereocenters. The van der Waals surface area contributed by atoms with Gasteiger partial charge in [0.2, 0.25) is 5.91 Å². The summed E-state index contributed by atoms with van der Waals surface area (Å²) in [5.74, 6) is -0.254. The van der Waals surface area contributed by atoms with Gasteiger partial charge in [0.1, 0.15) is 0 Å². The molecule has 1 heterocycles. The molecule has 8 nitrogen and oxygen atoms in total. The fourth-order valence-corrected chi connectivity index (χ4v) is 3.65. The quantitative estimate of drug-likeness (QED) is 0.314. The van der Waals surface area contributed by atoms with Crippen molar-refractivity contribution in [2.45, 2.75) is 51.9 Å². The molecule has 0 saturated heterocycles. The lowest BCUT2D eigenvalue weighted by Gasteiger charge is -2.14. The predicted octanol–water partition coefficient (Wildman–Crippen LogP) is 3.44. The number of halogens is 1. The Morgan fingerprint density at radius 3 is 2.68 bits per heavy atom. The Balaban J connectivity index is 2.15. The minimum Gasteiger partial charge on any atom is -0.379 e. The standard InChI is InChI=1S/C21H29ClN4O4S/c1-13(2)11-23-20(29)25-18(27)12-31-21-24-17-10-15(22)6-7-16(17)19(28)26(21)8-5-9-30-14(3)4/h6-7,10,13-14H,5,8-9,11-12H2,1-4H3,(H2,23,25,27,29).